The maximum Gasteiger partial charge on any atom is 0.270 e. The number of hydrogen-bond acceptors (Lipinski definition) is 3. The van der Waals surface area contributed by atoms with Gasteiger partial charge in [0.1, 0.15) is 11.6 Å². The van der Waals surface area contributed by atoms with Gasteiger partial charge in [0.2, 0.25) is 0 Å². The molecule has 2 heterocycles. The molecular weight excluding hydrogens is 519 g/mol. The van der Waals surface area contributed by atoms with Gasteiger partial charge >= 0.3 is 0 Å². The predicted molar refractivity (Wildman–Crippen MR) is 143 cm³/mol. The van der Waals surface area contributed by atoms with Gasteiger partial charge in [-0.15, -0.1) is 0 Å². The maximum atomic E-state index is 14.0. The Labute approximate surface area is 225 Å². The summed E-state index contributed by atoms with van der Waals surface area (Å²) >= 11 is 13.3. The van der Waals surface area contributed by atoms with E-state index in [2.05, 4.69) is 0 Å². The molecule has 0 bridgehead atoms. The molecule has 0 spiro atoms. The second kappa shape index (κ2) is 10.7. The van der Waals surface area contributed by atoms with Crippen LogP contribution >= 0.6 is 23.2 Å². The number of halogens is 4. The first-order valence-corrected chi connectivity index (χ1v) is 13.3. The van der Waals surface area contributed by atoms with Gasteiger partial charge in [0.05, 0.1) is 21.6 Å². The molecule has 4 rings (SSSR count). The van der Waals surface area contributed by atoms with Crippen LogP contribution in [0.3, 0.4) is 0 Å². The topological polar surface area (TPSA) is 55.2 Å². The molecule has 1 saturated heterocycles. The lowest BCUT2D eigenvalue weighted by Crippen LogP contribution is -2.39. The Bertz CT molecular complexity index is 1360. The van der Waals surface area contributed by atoms with Gasteiger partial charge in [-0.25, -0.2) is 13.8 Å². The summed E-state index contributed by atoms with van der Waals surface area (Å²) in [6.45, 7) is 5.65. The third-order valence-corrected chi connectivity index (χ3v) is 8.13. The van der Waals surface area contributed by atoms with Gasteiger partial charge in [-0.1, -0.05) is 30.1 Å². The van der Waals surface area contributed by atoms with Crippen LogP contribution in [0.25, 0.3) is 11.0 Å². The van der Waals surface area contributed by atoms with Crippen molar-refractivity contribution in [1.82, 2.24) is 14.5 Å². The molecule has 0 N–H and O–H groups in total. The first-order valence-electron chi connectivity index (χ1n) is 12.5. The lowest BCUT2D eigenvalue weighted by molar-refractivity contribution is -0.119. The van der Waals surface area contributed by atoms with E-state index in [4.69, 9.17) is 28.2 Å². The van der Waals surface area contributed by atoms with E-state index in [0.717, 1.165) is 19.8 Å². The minimum atomic E-state index is -2.97. The Morgan fingerprint density at radius 2 is 1.84 bits per heavy atom. The molecule has 1 aromatic heterocycles. The molecule has 1 amide bonds. The van der Waals surface area contributed by atoms with Crippen molar-refractivity contribution in [1.29, 1.82) is 0 Å². The van der Waals surface area contributed by atoms with Crippen LogP contribution in [-0.4, -0.2) is 39.2 Å². The number of piperidine rings is 1. The number of imidazole rings is 1. The Balaban J connectivity index is 1.59. The molecule has 1 aliphatic heterocycles. The third kappa shape index (κ3) is 5.68. The molecule has 2 aromatic carbocycles. The number of likely N-dealkylation sites (tertiary alicyclic amines) is 1. The van der Waals surface area contributed by atoms with E-state index in [1.54, 1.807) is 35.6 Å². The summed E-state index contributed by atoms with van der Waals surface area (Å²) in [4.78, 5) is 31.6. The number of benzene rings is 2. The second-order valence-electron chi connectivity index (χ2n) is 10.0. The lowest BCUT2D eigenvalue weighted by Gasteiger charge is -2.32. The van der Waals surface area contributed by atoms with Crippen LogP contribution in [0.4, 0.5) is 8.78 Å². The predicted octanol–water partition coefficient (Wildman–Crippen LogP) is 7.11. The Hall–Kier alpha value is -2.51. The van der Waals surface area contributed by atoms with Crippen molar-refractivity contribution < 1.29 is 18.4 Å². The summed E-state index contributed by atoms with van der Waals surface area (Å²) in [5.74, 6) is -1.97. The number of nitrogens with zero attached hydrogens (tertiary/aromatic N) is 3. The normalized spacial score (nSPS) is 15.0. The highest BCUT2D eigenvalue weighted by molar-refractivity contribution is 6.38. The van der Waals surface area contributed by atoms with Crippen molar-refractivity contribution in [2.45, 2.75) is 58.8 Å². The average molecular weight is 550 g/mol. The Morgan fingerprint density at radius 3 is 2.46 bits per heavy atom. The number of carbonyl (C=O) groups is 2. The van der Waals surface area contributed by atoms with Crippen molar-refractivity contribution >= 4 is 45.9 Å². The number of Topliss-reactive ketones (excluding diaryl/α,β-unsaturated/α-hetero) is 1. The van der Waals surface area contributed by atoms with E-state index in [1.807, 2.05) is 6.92 Å². The molecule has 5 nitrogen and oxygen atoms in total. The number of amides is 1. The highest BCUT2D eigenvalue weighted by Crippen LogP contribution is 2.35. The molecule has 0 radical (unpaired) electrons. The highest BCUT2D eigenvalue weighted by atomic mass is 35.5. The number of carbonyl (C=O) groups excluding carboxylic acids is 2. The fourth-order valence-electron chi connectivity index (χ4n) is 4.98. The minimum Gasteiger partial charge on any atom is -0.339 e. The molecule has 0 atom stereocenters. The van der Waals surface area contributed by atoms with Gasteiger partial charge in [-0.2, -0.15) is 0 Å². The lowest BCUT2D eigenvalue weighted by atomic mass is 9.91. The molecular formula is C28H31Cl2F2N3O2. The molecule has 0 unspecified atom stereocenters. The van der Waals surface area contributed by atoms with Crippen LogP contribution in [0.15, 0.2) is 24.3 Å². The van der Waals surface area contributed by atoms with Crippen molar-refractivity contribution in [3.63, 3.8) is 0 Å². The van der Waals surface area contributed by atoms with Gasteiger partial charge < -0.3 is 9.47 Å². The largest absolute Gasteiger partial charge is 0.339 e. The Morgan fingerprint density at radius 1 is 1.16 bits per heavy atom. The summed E-state index contributed by atoms with van der Waals surface area (Å²) < 4.78 is 29.8. The van der Waals surface area contributed by atoms with Gasteiger partial charge in [-0.3, -0.25) is 9.59 Å². The quantitative estimate of drug-likeness (QED) is 0.315. The first-order chi connectivity index (χ1) is 17.4. The van der Waals surface area contributed by atoms with Gasteiger partial charge in [0, 0.05) is 56.9 Å². The van der Waals surface area contributed by atoms with Gasteiger partial charge in [0.25, 0.3) is 11.8 Å². The molecule has 1 fully saturated rings. The maximum absolute atomic E-state index is 14.0. The van der Waals surface area contributed by atoms with Crippen molar-refractivity contribution in [2.24, 2.45) is 13.0 Å². The number of rotatable bonds is 7. The summed E-state index contributed by atoms with van der Waals surface area (Å²) in [5.41, 5.74) is 2.74. The molecule has 37 heavy (non-hydrogen) atoms. The minimum absolute atomic E-state index is 0.0708. The zero-order valence-electron chi connectivity index (χ0n) is 21.5. The zero-order valence-corrected chi connectivity index (χ0v) is 23.0. The first kappa shape index (κ1) is 27.5. The van der Waals surface area contributed by atoms with Crippen LogP contribution in [-0.2, 0) is 24.2 Å². The fraction of sp³-hybridized carbons (Fsp3) is 0.464. The number of hydrogen-bond donors (Lipinski definition) is 0. The number of ketones is 1. The van der Waals surface area contributed by atoms with Crippen LogP contribution < -0.4 is 0 Å². The molecule has 198 valence electrons. The number of alkyl halides is 2. The van der Waals surface area contributed by atoms with E-state index >= 15 is 0 Å². The second-order valence-corrected chi connectivity index (χ2v) is 10.8. The molecule has 3 aromatic rings. The Kier molecular flexibility index (Phi) is 7.96. The van der Waals surface area contributed by atoms with Crippen molar-refractivity contribution in [3.05, 3.63) is 62.4 Å². The van der Waals surface area contributed by atoms with Crippen molar-refractivity contribution in [2.75, 3.05) is 13.1 Å². The summed E-state index contributed by atoms with van der Waals surface area (Å²) in [6.07, 6.45) is 2.92. The molecule has 0 saturated carbocycles. The summed E-state index contributed by atoms with van der Waals surface area (Å²) in [5, 5.41) is 0.674. The van der Waals surface area contributed by atoms with Gasteiger partial charge in [0.15, 0.2) is 0 Å². The van der Waals surface area contributed by atoms with E-state index < -0.39 is 5.92 Å². The van der Waals surface area contributed by atoms with Gasteiger partial charge in [-0.05, 0) is 61.1 Å². The van der Waals surface area contributed by atoms with E-state index in [1.165, 1.54) is 12.1 Å². The summed E-state index contributed by atoms with van der Waals surface area (Å²) in [7, 11) is 1.77. The molecule has 0 aliphatic carbocycles. The SMILES string of the molecule is CCC(=O)CC1CCN(C(=O)c2ccc(Cl)c(Cc3nc4c(C)cc(C(C)(F)F)cc4n3C)c2Cl)CC1. The average Bonchev–Trinajstić information content (AvgIpc) is 3.17. The van der Waals surface area contributed by atoms with Crippen LogP contribution in [0.2, 0.25) is 10.0 Å². The fourth-order valence-corrected chi connectivity index (χ4v) is 5.56. The van der Waals surface area contributed by atoms with Crippen LogP contribution in [0, 0.1) is 12.8 Å². The molecule has 9 heteroatoms. The van der Waals surface area contributed by atoms with Crippen molar-refractivity contribution in [3.8, 4) is 0 Å². The standard InChI is InChI=1S/C28H31Cl2F2N3O2/c1-5-19(36)13-17-8-10-35(11-9-17)27(37)20-6-7-22(29)21(25(20)30)15-24-33-26-16(2)12-18(28(3,31)32)14-23(26)34(24)4/h6-7,12,14,17H,5,8-11,13,15H2,1-4H3. The van der Waals surface area contributed by atoms with Crippen LogP contribution in [0.1, 0.15) is 72.4 Å². The van der Waals surface area contributed by atoms with E-state index in [-0.39, 0.29) is 28.7 Å². The summed E-state index contributed by atoms with van der Waals surface area (Å²) in [6, 6.07) is 6.21. The smallest absolute Gasteiger partial charge is 0.270 e. The van der Waals surface area contributed by atoms with E-state index in [9.17, 15) is 18.4 Å². The number of aromatic nitrogens is 2. The van der Waals surface area contributed by atoms with Crippen LogP contribution in [0.5, 0.6) is 0 Å². The monoisotopic (exact) mass is 549 g/mol. The number of aryl methyl sites for hydroxylation is 2. The van der Waals surface area contributed by atoms with E-state index in [0.29, 0.717) is 70.4 Å². The zero-order chi connectivity index (χ0) is 27.1. The highest BCUT2D eigenvalue weighted by Gasteiger charge is 2.28. The number of fused-ring (bicyclic) bond motifs is 1. The third-order valence-electron chi connectivity index (χ3n) is 7.34. The molecule has 1 aliphatic rings.